The minimum absolute atomic E-state index is 0.444. The summed E-state index contributed by atoms with van der Waals surface area (Å²) in [5.41, 5.74) is 3.30. The molecule has 4 aromatic rings. The van der Waals surface area contributed by atoms with Gasteiger partial charge in [-0.25, -0.2) is 0 Å². The van der Waals surface area contributed by atoms with Gasteiger partial charge < -0.3 is 9.36 Å². The maximum absolute atomic E-state index is 5.64. The van der Waals surface area contributed by atoms with E-state index in [1.54, 1.807) is 6.20 Å². The van der Waals surface area contributed by atoms with Crippen molar-refractivity contribution in [1.82, 2.24) is 15.1 Å². The Morgan fingerprint density at radius 1 is 0.955 bits per heavy atom. The minimum Gasteiger partial charge on any atom is -0.392 e. The van der Waals surface area contributed by atoms with Crippen LogP contribution < -0.4 is 4.84 Å². The molecule has 0 saturated carbocycles. The van der Waals surface area contributed by atoms with Gasteiger partial charge in [0.25, 0.3) is 5.71 Å². The van der Waals surface area contributed by atoms with E-state index in [0.29, 0.717) is 12.3 Å². The van der Waals surface area contributed by atoms with Crippen molar-refractivity contribution in [2.75, 3.05) is 0 Å². The Kier molecular flexibility index (Phi) is 3.08. The van der Waals surface area contributed by atoms with Crippen LogP contribution in [0.2, 0.25) is 0 Å². The van der Waals surface area contributed by atoms with Crippen LogP contribution in [0.4, 0.5) is 0 Å². The van der Waals surface area contributed by atoms with Crippen LogP contribution in [0.3, 0.4) is 0 Å². The largest absolute Gasteiger partial charge is 0.392 e. The molecule has 0 aliphatic rings. The Hall–Kier alpha value is -3.08. The van der Waals surface area contributed by atoms with Gasteiger partial charge in [0, 0.05) is 5.56 Å². The van der Waals surface area contributed by atoms with E-state index in [1.807, 2.05) is 60.7 Å². The van der Waals surface area contributed by atoms with E-state index < -0.39 is 0 Å². The molecule has 0 radical (unpaired) electrons. The molecule has 4 rings (SSSR count). The summed E-state index contributed by atoms with van der Waals surface area (Å²) < 4.78 is 5.27. The van der Waals surface area contributed by atoms with Crippen LogP contribution in [-0.2, 0) is 6.61 Å². The van der Waals surface area contributed by atoms with Gasteiger partial charge in [0.1, 0.15) is 12.3 Å². The van der Waals surface area contributed by atoms with Crippen LogP contribution in [0.1, 0.15) is 5.56 Å². The summed E-state index contributed by atoms with van der Waals surface area (Å²) in [5, 5.41) is 9.15. The van der Waals surface area contributed by atoms with Gasteiger partial charge in [-0.05, 0) is 5.56 Å². The predicted molar refractivity (Wildman–Crippen MR) is 82.0 cm³/mol. The first-order valence-corrected chi connectivity index (χ1v) is 6.98. The highest BCUT2D eigenvalue weighted by Crippen LogP contribution is 2.26. The molecule has 108 valence electrons. The van der Waals surface area contributed by atoms with Crippen molar-refractivity contribution in [3.05, 3.63) is 72.4 Å². The zero-order valence-electron chi connectivity index (χ0n) is 11.7. The van der Waals surface area contributed by atoms with Crippen LogP contribution >= 0.6 is 0 Å². The molecule has 5 heteroatoms. The number of aromatic nitrogens is 3. The molecule has 0 saturated heterocycles. The van der Waals surface area contributed by atoms with Gasteiger partial charge in [0.05, 0.1) is 11.6 Å². The van der Waals surface area contributed by atoms with Crippen LogP contribution in [0, 0.1) is 0 Å². The lowest BCUT2D eigenvalue weighted by atomic mass is 10.1. The van der Waals surface area contributed by atoms with Gasteiger partial charge in [-0.2, -0.15) is 0 Å². The molecule has 0 N–H and O–H groups in total. The summed E-state index contributed by atoms with van der Waals surface area (Å²) in [5.74, 6) is 0. The molecule has 0 unspecified atom stereocenters. The fourth-order valence-electron chi connectivity index (χ4n) is 2.29. The first kappa shape index (κ1) is 12.6. The van der Waals surface area contributed by atoms with Crippen molar-refractivity contribution >= 4 is 11.1 Å². The van der Waals surface area contributed by atoms with Crippen molar-refractivity contribution in [3.63, 3.8) is 0 Å². The summed E-state index contributed by atoms with van der Waals surface area (Å²) in [4.78, 5) is 7.07. The van der Waals surface area contributed by atoms with Crippen molar-refractivity contribution in [2.45, 2.75) is 6.61 Å². The summed E-state index contributed by atoms with van der Waals surface area (Å²) in [6, 6.07) is 19.8. The molecule has 0 amide bonds. The second kappa shape index (κ2) is 5.37. The van der Waals surface area contributed by atoms with E-state index in [1.165, 1.54) is 4.85 Å². The molecule has 2 aromatic carbocycles. The zero-order valence-corrected chi connectivity index (χ0v) is 11.7. The highest BCUT2D eigenvalue weighted by atomic mass is 16.7. The summed E-state index contributed by atoms with van der Waals surface area (Å²) in [7, 11) is 0. The van der Waals surface area contributed by atoms with Crippen LogP contribution in [-0.4, -0.2) is 15.1 Å². The van der Waals surface area contributed by atoms with Gasteiger partial charge in [-0.3, -0.25) is 0 Å². The summed E-state index contributed by atoms with van der Waals surface area (Å²) in [6.45, 7) is 0.444. The third kappa shape index (κ3) is 2.33. The van der Waals surface area contributed by atoms with Crippen molar-refractivity contribution in [3.8, 4) is 11.3 Å². The number of hydrogen-bond acceptors (Lipinski definition) is 4. The molecule has 0 spiro atoms. The van der Waals surface area contributed by atoms with Crippen molar-refractivity contribution < 1.29 is 9.36 Å². The number of nitrogens with zero attached hydrogens (tertiary/aromatic N) is 3. The van der Waals surface area contributed by atoms with Crippen LogP contribution in [0.5, 0.6) is 0 Å². The Morgan fingerprint density at radius 2 is 1.68 bits per heavy atom. The lowest BCUT2D eigenvalue weighted by Gasteiger charge is -2.03. The first-order valence-electron chi connectivity index (χ1n) is 6.98. The summed E-state index contributed by atoms with van der Waals surface area (Å²) >= 11 is 0. The molecule has 0 bridgehead atoms. The molecule has 2 aromatic heterocycles. The second-order valence-electron chi connectivity index (χ2n) is 4.91. The fraction of sp³-hybridized carbons (Fsp3) is 0.0588. The van der Waals surface area contributed by atoms with E-state index in [2.05, 4.69) is 10.3 Å². The molecular weight excluding hydrogens is 278 g/mol. The van der Waals surface area contributed by atoms with Gasteiger partial charge in [-0.1, -0.05) is 70.9 Å². The minimum atomic E-state index is 0.444. The Morgan fingerprint density at radius 3 is 2.45 bits per heavy atom. The van der Waals surface area contributed by atoms with Crippen LogP contribution in [0.25, 0.3) is 22.4 Å². The number of hydrogen-bond donors (Lipinski definition) is 0. The quantitative estimate of drug-likeness (QED) is 0.579. The van der Waals surface area contributed by atoms with Crippen molar-refractivity contribution in [1.29, 1.82) is 0 Å². The highest BCUT2D eigenvalue weighted by Gasteiger charge is 2.14. The van der Waals surface area contributed by atoms with E-state index in [0.717, 1.165) is 22.2 Å². The fourth-order valence-corrected chi connectivity index (χ4v) is 2.29. The molecule has 0 fully saturated rings. The number of fused-ring (bicyclic) bond motifs is 1. The molecule has 0 aliphatic carbocycles. The molecule has 0 aliphatic heterocycles. The monoisotopic (exact) mass is 291 g/mol. The smallest absolute Gasteiger partial charge is 0.280 e. The zero-order chi connectivity index (χ0) is 14.8. The topological polar surface area (TPSA) is 53.1 Å². The normalized spacial score (nSPS) is 10.9. The lowest BCUT2D eigenvalue weighted by Crippen LogP contribution is -2.11. The third-order valence-electron chi connectivity index (χ3n) is 3.39. The van der Waals surface area contributed by atoms with Gasteiger partial charge in [0.15, 0.2) is 0 Å². The Labute approximate surface area is 126 Å². The Bertz CT molecular complexity index is 882. The molecule has 2 heterocycles. The lowest BCUT2D eigenvalue weighted by molar-refractivity contribution is 0.0702. The first-order chi connectivity index (χ1) is 10.9. The molecular formula is C17H13N3O2. The van der Waals surface area contributed by atoms with E-state index in [4.69, 9.17) is 9.36 Å². The Balaban J connectivity index is 1.60. The third-order valence-corrected chi connectivity index (χ3v) is 3.39. The summed E-state index contributed by atoms with van der Waals surface area (Å²) in [6.07, 6.45) is 1.79. The molecule has 0 atom stereocenters. The van der Waals surface area contributed by atoms with Gasteiger partial charge in [-0.15, -0.1) is 4.85 Å². The maximum Gasteiger partial charge on any atom is 0.280 e. The van der Waals surface area contributed by atoms with Gasteiger partial charge in [0.2, 0.25) is 0 Å². The van der Waals surface area contributed by atoms with Crippen LogP contribution in [0.15, 0.2) is 71.4 Å². The standard InChI is InChI=1S/C17H13N3O2/c1-3-7-13(8-4-1)12-21-20-11-15-16(19-22-17(15)18-20)14-9-5-2-6-10-14/h1-11H,12H2. The number of rotatable bonds is 4. The number of benzene rings is 2. The molecule has 22 heavy (non-hydrogen) atoms. The predicted octanol–water partition coefficient (Wildman–Crippen LogP) is 3.32. The SMILES string of the molecule is c1ccc(COn2cc3c(-c4ccccc4)noc3n2)cc1. The van der Waals surface area contributed by atoms with E-state index in [-0.39, 0.29) is 0 Å². The molecule has 5 nitrogen and oxygen atoms in total. The van der Waals surface area contributed by atoms with Crippen molar-refractivity contribution in [2.24, 2.45) is 0 Å². The second-order valence-corrected chi connectivity index (χ2v) is 4.91. The maximum atomic E-state index is 5.64. The van der Waals surface area contributed by atoms with E-state index in [9.17, 15) is 0 Å². The average Bonchev–Trinajstić information content (AvgIpc) is 3.15. The van der Waals surface area contributed by atoms with E-state index >= 15 is 0 Å². The average molecular weight is 291 g/mol. The highest BCUT2D eigenvalue weighted by molar-refractivity contribution is 5.88. The van der Waals surface area contributed by atoms with Gasteiger partial charge >= 0.3 is 0 Å².